The number of furan rings is 1. The molecule has 1 aromatic heterocycles. The van der Waals surface area contributed by atoms with E-state index in [0.29, 0.717) is 18.8 Å². The van der Waals surface area contributed by atoms with E-state index in [4.69, 9.17) is 4.42 Å². The maximum atomic E-state index is 12.3. The first-order valence-electron chi connectivity index (χ1n) is 8.15. The third kappa shape index (κ3) is 6.55. The van der Waals surface area contributed by atoms with Crippen LogP contribution in [-0.2, 0) is 17.8 Å². The lowest BCUT2D eigenvalue weighted by Crippen LogP contribution is -2.44. The van der Waals surface area contributed by atoms with Gasteiger partial charge in [-0.15, -0.1) is 6.58 Å². The van der Waals surface area contributed by atoms with Crippen LogP contribution in [0.5, 0.6) is 0 Å². The van der Waals surface area contributed by atoms with Gasteiger partial charge in [-0.1, -0.05) is 36.4 Å². The second-order valence-corrected chi connectivity index (χ2v) is 5.48. The first kappa shape index (κ1) is 18.3. The summed E-state index contributed by atoms with van der Waals surface area (Å²) in [4.78, 5) is 25.7. The molecule has 0 spiro atoms. The average molecular weight is 341 g/mol. The molecule has 1 aromatic carbocycles. The normalized spacial score (nSPS) is 10.1. The smallest absolute Gasteiger partial charge is 0.315 e. The number of urea groups is 1. The van der Waals surface area contributed by atoms with Gasteiger partial charge in [-0.05, 0) is 24.1 Å². The molecule has 2 aromatic rings. The lowest BCUT2D eigenvalue weighted by Gasteiger charge is -2.21. The Morgan fingerprint density at radius 3 is 2.60 bits per heavy atom. The third-order valence-corrected chi connectivity index (χ3v) is 3.62. The van der Waals surface area contributed by atoms with Gasteiger partial charge in [0, 0.05) is 13.1 Å². The number of nitrogens with one attached hydrogen (secondary N) is 2. The minimum absolute atomic E-state index is 0.0629. The van der Waals surface area contributed by atoms with Gasteiger partial charge in [-0.3, -0.25) is 4.79 Å². The van der Waals surface area contributed by atoms with Gasteiger partial charge in [0.1, 0.15) is 5.76 Å². The van der Waals surface area contributed by atoms with Crippen LogP contribution in [0.15, 0.2) is 65.8 Å². The number of nitrogens with zero attached hydrogens (tertiary/aromatic N) is 1. The number of hydrogen-bond acceptors (Lipinski definition) is 3. The van der Waals surface area contributed by atoms with Gasteiger partial charge in [0.25, 0.3) is 0 Å². The van der Waals surface area contributed by atoms with Gasteiger partial charge in [0.15, 0.2) is 0 Å². The van der Waals surface area contributed by atoms with E-state index >= 15 is 0 Å². The molecule has 0 unspecified atom stereocenters. The molecule has 0 aliphatic carbocycles. The van der Waals surface area contributed by atoms with Crippen molar-refractivity contribution in [2.75, 3.05) is 19.6 Å². The molecule has 0 radical (unpaired) electrons. The van der Waals surface area contributed by atoms with Crippen molar-refractivity contribution in [1.82, 2.24) is 15.5 Å². The van der Waals surface area contributed by atoms with Crippen LogP contribution in [0.25, 0.3) is 0 Å². The fourth-order valence-corrected chi connectivity index (χ4v) is 2.29. The lowest BCUT2D eigenvalue weighted by atomic mass is 10.1. The zero-order valence-electron chi connectivity index (χ0n) is 14.1. The van der Waals surface area contributed by atoms with Crippen LogP contribution < -0.4 is 10.6 Å². The molecule has 2 N–H and O–H groups in total. The number of amides is 3. The molecule has 0 aliphatic rings. The van der Waals surface area contributed by atoms with Crippen molar-refractivity contribution in [2.24, 2.45) is 0 Å². The number of hydrogen-bond donors (Lipinski definition) is 2. The lowest BCUT2D eigenvalue weighted by molar-refractivity contribution is -0.129. The topological polar surface area (TPSA) is 74.6 Å². The van der Waals surface area contributed by atoms with Crippen molar-refractivity contribution in [3.63, 3.8) is 0 Å². The summed E-state index contributed by atoms with van der Waals surface area (Å²) in [5.74, 6) is 0.501. The second kappa shape index (κ2) is 9.97. The van der Waals surface area contributed by atoms with Crippen LogP contribution >= 0.6 is 0 Å². The van der Waals surface area contributed by atoms with Crippen molar-refractivity contribution >= 4 is 11.9 Å². The van der Waals surface area contributed by atoms with E-state index in [9.17, 15) is 9.59 Å². The molecule has 132 valence electrons. The number of rotatable bonds is 9. The van der Waals surface area contributed by atoms with E-state index in [-0.39, 0.29) is 19.0 Å². The van der Waals surface area contributed by atoms with Gasteiger partial charge < -0.3 is 20.0 Å². The molecule has 0 aliphatic heterocycles. The first-order valence-corrected chi connectivity index (χ1v) is 8.15. The first-order chi connectivity index (χ1) is 12.2. The van der Waals surface area contributed by atoms with Crippen LogP contribution in [0, 0.1) is 0 Å². The van der Waals surface area contributed by atoms with E-state index in [1.54, 1.807) is 29.4 Å². The summed E-state index contributed by atoms with van der Waals surface area (Å²) in [7, 11) is 0. The Kier molecular flexibility index (Phi) is 7.31. The summed E-state index contributed by atoms with van der Waals surface area (Å²) in [5, 5.41) is 5.20. The van der Waals surface area contributed by atoms with Gasteiger partial charge in [0.05, 0.1) is 19.4 Å². The molecule has 0 saturated heterocycles. The largest absolute Gasteiger partial charge is 0.467 e. The van der Waals surface area contributed by atoms with Crippen LogP contribution in [0.4, 0.5) is 4.79 Å². The predicted molar refractivity (Wildman–Crippen MR) is 95.9 cm³/mol. The monoisotopic (exact) mass is 341 g/mol. The predicted octanol–water partition coefficient (Wildman–Crippen LogP) is 2.34. The number of carbonyl (C=O) groups is 2. The highest BCUT2D eigenvalue weighted by Crippen LogP contribution is 2.02. The molecule has 0 fully saturated rings. The van der Waals surface area contributed by atoms with Crippen LogP contribution in [-0.4, -0.2) is 36.5 Å². The SMILES string of the molecule is C=CCN(CCc1ccccc1)C(=O)CNC(=O)NCc1ccco1. The summed E-state index contributed by atoms with van der Waals surface area (Å²) >= 11 is 0. The van der Waals surface area contributed by atoms with Crippen LogP contribution in [0.3, 0.4) is 0 Å². The van der Waals surface area contributed by atoms with Crippen molar-refractivity contribution in [1.29, 1.82) is 0 Å². The zero-order valence-corrected chi connectivity index (χ0v) is 14.1. The molecule has 3 amide bonds. The van der Waals surface area contributed by atoms with E-state index in [0.717, 1.165) is 12.0 Å². The van der Waals surface area contributed by atoms with E-state index in [2.05, 4.69) is 17.2 Å². The molecule has 6 nitrogen and oxygen atoms in total. The van der Waals surface area contributed by atoms with Gasteiger partial charge in [-0.25, -0.2) is 4.79 Å². The minimum Gasteiger partial charge on any atom is -0.467 e. The summed E-state index contributed by atoms with van der Waals surface area (Å²) in [6.07, 6.45) is 3.98. The molecule has 6 heteroatoms. The standard InChI is InChI=1S/C19H23N3O3/c1-2-11-22(12-10-16-7-4-3-5-8-16)18(23)15-21-19(24)20-14-17-9-6-13-25-17/h2-9,13H,1,10-12,14-15H2,(H2,20,21,24). The summed E-state index contributed by atoms with van der Waals surface area (Å²) in [6, 6.07) is 13.1. The number of benzene rings is 1. The van der Waals surface area contributed by atoms with Gasteiger partial charge >= 0.3 is 6.03 Å². The second-order valence-electron chi connectivity index (χ2n) is 5.48. The molecule has 25 heavy (non-hydrogen) atoms. The molecule has 1 heterocycles. The fraction of sp³-hybridized carbons (Fsp3) is 0.263. The fourth-order valence-electron chi connectivity index (χ4n) is 2.29. The Hall–Kier alpha value is -3.02. The Morgan fingerprint density at radius 1 is 1.12 bits per heavy atom. The minimum atomic E-state index is -0.411. The molecule has 0 atom stereocenters. The molecule has 0 saturated carbocycles. The molecule has 2 rings (SSSR count). The average Bonchev–Trinajstić information content (AvgIpc) is 3.16. The van der Waals surface area contributed by atoms with Crippen LogP contribution in [0.1, 0.15) is 11.3 Å². The molecular weight excluding hydrogens is 318 g/mol. The Labute approximate surface area is 147 Å². The Balaban J connectivity index is 1.74. The maximum absolute atomic E-state index is 12.3. The zero-order chi connectivity index (χ0) is 17.9. The molecule has 0 bridgehead atoms. The molecular formula is C19H23N3O3. The van der Waals surface area contributed by atoms with Gasteiger partial charge in [0.2, 0.25) is 5.91 Å². The van der Waals surface area contributed by atoms with Gasteiger partial charge in [-0.2, -0.15) is 0 Å². The highest BCUT2D eigenvalue weighted by Gasteiger charge is 2.13. The highest BCUT2D eigenvalue weighted by atomic mass is 16.3. The maximum Gasteiger partial charge on any atom is 0.315 e. The highest BCUT2D eigenvalue weighted by molar-refractivity contribution is 5.84. The van der Waals surface area contributed by atoms with Crippen LogP contribution in [0.2, 0.25) is 0 Å². The summed E-state index contributed by atoms with van der Waals surface area (Å²) < 4.78 is 5.12. The summed E-state index contributed by atoms with van der Waals surface area (Å²) in [6.45, 7) is 4.92. The van der Waals surface area contributed by atoms with E-state index in [1.165, 1.54) is 0 Å². The van der Waals surface area contributed by atoms with Crippen molar-refractivity contribution in [2.45, 2.75) is 13.0 Å². The third-order valence-electron chi connectivity index (χ3n) is 3.62. The van der Waals surface area contributed by atoms with Crippen molar-refractivity contribution < 1.29 is 14.0 Å². The number of carbonyl (C=O) groups excluding carboxylic acids is 2. The van der Waals surface area contributed by atoms with Crippen molar-refractivity contribution in [3.05, 3.63) is 72.7 Å². The summed E-state index contributed by atoms with van der Waals surface area (Å²) in [5.41, 5.74) is 1.16. The Bertz CT molecular complexity index is 668. The quantitative estimate of drug-likeness (QED) is 0.688. The van der Waals surface area contributed by atoms with E-state index < -0.39 is 6.03 Å². The Morgan fingerprint density at radius 2 is 1.92 bits per heavy atom. The van der Waals surface area contributed by atoms with Crippen molar-refractivity contribution in [3.8, 4) is 0 Å². The van der Waals surface area contributed by atoms with E-state index in [1.807, 2.05) is 30.3 Å².